The molecule has 0 saturated carbocycles. The number of rotatable bonds is 6. The minimum absolute atomic E-state index is 0.247. The van der Waals surface area contributed by atoms with Gasteiger partial charge in [-0.25, -0.2) is 0 Å². The highest BCUT2D eigenvalue weighted by Crippen LogP contribution is 2.42. The van der Waals surface area contributed by atoms with Gasteiger partial charge >= 0.3 is 7.12 Å². The van der Waals surface area contributed by atoms with Gasteiger partial charge < -0.3 is 20.0 Å². The van der Waals surface area contributed by atoms with E-state index in [9.17, 15) is 0 Å². The van der Waals surface area contributed by atoms with Crippen LogP contribution in [0.5, 0.6) is 0 Å². The molecule has 1 atom stereocenters. The normalized spacial score (nSPS) is 20.2. The van der Waals surface area contributed by atoms with E-state index in [0.717, 1.165) is 46.0 Å². The average molecular weight is 442 g/mol. The molecule has 3 aromatic rings. The molecule has 0 amide bonds. The highest BCUT2D eigenvalue weighted by molar-refractivity contribution is 6.62. The van der Waals surface area contributed by atoms with Gasteiger partial charge in [0.05, 0.1) is 11.2 Å². The summed E-state index contributed by atoms with van der Waals surface area (Å²) in [6.45, 7) is 13.2. The van der Waals surface area contributed by atoms with E-state index < -0.39 is 12.7 Å². The molecule has 3 aromatic carbocycles. The largest absolute Gasteiger partial charge is 0.494 e. The molecule has 0 bridgehead atoms. The molecule has 0 radical (unpaired) electrons. The highest BCUT2D eigenvalue weighted by atomic mass is 16.7. The van der Waals surface area contributed by atoms with Crippen molar-refractivity contribution < 1.29 is 9.31 Å². The minimum Gasteiger partial charge on any atom is -0.399 e. The summed E-state index contributed by atoms with van der Waals surface area (Å²) in [5.74, 6) is 0. The van der Waals surface area contributed by atoms with Gasteiger partial charge in [-0.2, -0.15) is 0 Å². The van der Waals surface area contributed by atoms with Gasteiger partial charge in [0.2, 0.25) is 0 Å². The quantitative estimate of drug-likeness (QED) is 0.330. The molecule has 4 nitrogen and oxygen atoms in total. The summed E-state index contributed by atoms with van der Waals surface area (Å²) in [5, 5.41) is 13.6. The van der Waals surface area contributed by atoms with Crippen LogP contribution in [0.3, 0.4) is 0 Å². The Hall–Kier alpha value is -2.63. The molecule has 1 unspecified atom stereocenters. The lowest BCUT2D eigenvalue weighted by molar-refractivity contribution is -0.0223. The molecule has 172 valence electrons. The minimum atomic E-state index is -0.412. The van der Waals surface area contributed by atoms with Crippen molar-refractivity contribution in [2.45, 2.75) is 65.6 Å². The first-order valence-corrected chi connectivity index (χ1v) is 11.8. The zero-order valence-electron chi connectivity index (χ0n) is 20.7. The molecule has 1 fully saturated rings. The maximum absolute atomic E-state index is 7.87. The fourth-order valence-corrected chi connectivity index (χ4v) is 4.31. The van der Waals surface area contributed by atoms with Crippen LogP contribution in [0.25, 0.3) is 10.8 Å². The third-order valence-corrected chi connectivity index (χ3v) is 6.91. The van der Waals surface area contributed by atoms with Crippen molar-refractivity contribution >= 4 is 40.9 Å². The molecular formula is C28H35BN2O2. The molecule has 33 heavy (non-hydrogen) atoms. The van der Waals surface area contributed by atoms with Gasteiger partial charge in [-0.1, -0.05) is 57.2 Å². The molecule has 5 heteroatoms. The van der Waals surface area contributed by atoms with Gasteiger partial charge in [-0.3, -0.25) is 0 Å². The van der Waals surface area contributed by atoms with Gasteiger partial charge in [0.25, 0.3) is 0 Å². The Kier molecular flexibility index (Phi) is 6.15. The molecule has 0 spiro atoms. The first-order chi connectivity index (χ1) is 15.5. The van der Waals surface area contributed by atoms with Crippen molar-refractivity contribution in [3.8, 4) is 0 Å². The number of benzene rings is 3. The van der Waals surface area contributed by atoms with E-state index in [2.05, 4.69) is 77.2 Å². The maximum atomic E-state index is 7.87. The number of anilines is 2. The number of hydrogen-bond acceptors (Lipinski definition) is 4. The van der Waals surface area contributed by atoms with Crippen molar-refractivity contribution in [3.05, 3.63) is 66.2 Å². The maximum Gasteiger partial charge on any atom is 0.494 e. The predicted molar refractivity (Wildman–Crippen MR) is 140 cm³/mol. The SMILES string of the molecule is CC(C)(C)CCC1(C)OB(c2cccc(Nc3cc4ccccc4cc3C=N)c2)OC1(C)C. The van der Waals surface area contributed by atoms with Gasteiger partial charge in [0.15, 0.2) is 0 Å². The van der Waals surface area contributed by atoms with Gasteiger partial charge in [-0.05, 0) is 79.5 Å². The van der Waals surface area contributed by atoms with Crippen molar-refractivity contribution in [1.82, 2.24) is 0 Å². The van der Waals surface area contributed by atoms with Crippen molar-refractivity contribution in [3.63, 3.8) is 0 Å². The second-order valence-electron chi connectivity index (χ2n) is 11.1. The van der Waals surface area contributed by atoms with Gasteiger partial charge in [-0.15, -0.1) is 0 Å². The first-order valence-electron chi connectivity index (χ1n) is 11.8. The van der Waals surface area contributed by atoms with Gasteiger partial charge in [0.1, 0.15) is 0 Å². The number of nitrogens with one attached hydrogen (secondary N) is 2. The zero-order valence-corrected chi connectivity index (χ0v) is 20.7. The monoisotopic (exact) mass is 442 g/mol. The van der Waals surface area contributed by atoms with Crippen LogP contribution in [0, 0.1) is 10.8 Å². The lowest BCUT2D eigenvalue weighted by atomic mass is 9.78. The third-order valence-electron chi connectivity index (χ3n) is 6.91. The molecule has 1 saturated heterocycles. The molecule has 2 N–H and O–H groups in total. The van der Waals surface area contributed by atoms with Crippen LogP contribution in [0.4, 0.5) is 11.4 Å². The molecule has 1 heterocycles. The summed E-state index contributed by atoms with van der Waals surface area (Å²) in [6, 6.07) is 20.5. The van der Waals surface area contributed by atoms with E-state index in [0.29, 0.717) is 0 Å². The second-order valence-corrected chi connectivity index (χ2v) is 11.1. The summed E-state index contributed by atoms with van der Waals surface area (Å²) in [7, 11) is -0.412. The van der Waals surface area contributed by atoms with Crippen LogP contribution in [-0.2, 0) is 9.31 Å². The second kappa shape index (κ2) is 8.62. The summed E-state index contributed by atoms with van der Waals surface area (Å²) in [6.07, 6.45) is 3.40. The Balaban J connectivity index is 1.58. The predicted octanol–water partition coefficient (Wildman–Crippen LogP) is 6.69. The van der Waals surface area contributed by atoms with E-state index in [1.807, 2.05) is 30.3 Å². The lowest BCUT2D eigenvalue weighted by Gasteiger charge is -2.38. The fourth-order valence-electron chi connectivity index (χ4n) is 4.31. The van der Waals surface area contributed by atoms with Crippen molar-refractivity contribution in [2.24, 2.45) is 5.41 Å². The zero-order chi connectivity index (χ0) is 23.9. The molecule has 0 aromatic heterocycles. The van der Waals surface area contributed by atoms with Crippen LogP contribution in [0.2, 0.25) is 0 Å². The summed E-state index contributed by atoms with van der Waals surface area (Å²) >= 11 is 0. The Morgan fingerprint density at radius 3 is 2.30 bits per heavy atom. The summed E-state index contributed by atoms with van der Waals surface area (Å²) in [4.78, 5) is 0. The summed E-state index contributed by atoms with van der Waals surface area (Å²) in [5.41, 5.74) is 3.19. The van der Waals surface area contributed by atoms with E-state index in [4.69, 9.17) is 14.7 Å². The Morgan fingerprint density at radius 1 is 0.939 bits per heavy atom. The van der Waals surface area contributed by atoms with Crippen molar-refractivity contribution in [1.29, 1.82) is 5.41 Å². The van der Waals surface area contributed by atoms with Crippen molar-refractivity contribution in [2.75, 3.05) is 5.32 Å². The van der Waals surface area contributed by atoms with Crippen LogP contribution >= 0.6 is 0 Å². The van der Waals surface area contributed by atoms with Crippen LogP contribution in [0.15, 0.2) is 60.7 Å². The summed E-state index contributed by atoms with van der Waals surface area (Å²) < 4.78 is 13.0. The molecule has 1 aliphatic rings. The standard InChI is InChI=1S/C28H35BN2O2/c1-26(2,3)14-15-28(6)27(4,5)32-29(33-28)23-12-9-13-24(18-23)31-25-17-21-11-8-7-10-20(21)16-22(25)19-30/h7-13,16-19,30-31H,14-15H2,1-6H3. The molecular weight excluding hydrogens is 407 g/mol. The fraction of sp³-hybridized carbons (Fsp3) is 0.393. The Bertz CT molecular complexity index is 1170. The average Bonchev–Trinajstić information content (AvgIpc) is 3.01. The van der Waals surface area contributed by atoms with E-state index in [1.165, 1.54) is 6.21 Å². The van der Waals surface area contributed by atoms with E-state index in [1.54, 1.807) is 0 Å². The van der Waals surface area contributed by atoms with Crippen LogP contribution in [0.1, 0.15) is 59.9 Å². The number of fused-ring (bicyclic) bond motifs is 1. The first kappa shape index (κ1) is 23.5. The van der Waals surface area contributed by atoms with Gasteiger partial charge in [0, 0.05) is 23.2 Å². The Labute approximate surface area is 198 Å². The van der Waals surface area contributed by atoms with Crippen LogP contribution in [-0.4, -0.2) is 24.5 Å². The molecule has 4 rings (SSSR count). The molecule has 1 aliphatic heterocycles. The highest BCUT2D eigenvalue weighted by Gasteiger charge is 2.54. The Morgan fingerprint density at radius 2 is 1.64 bits per heavy atom. The smallest absolute Gasteiger partial charge is 0.399 e. The topological polar surface area (TPSA) is 54.3 Å². The lowest BCUT2D eigenvalue weighted by Crippen LogP contribution is -2.45. The van der Waals surface area contributed by atoms with E-state index >= 15 is 0 Å². The number of hydrogen-bond donors (Lipinski definition) is 2. The van der Waals surface area contributed by atoms with Crippen LogP contribution < -0.4 is 10.8 Å². The molecule has 0 aliphatic carbocycles. The van der Waals surface area contributed by atoms with E-state index in [-0.39, 0.29) is 11.0 Å². The third kappa shape index (κ3) is 5.00.